The van der Waals surface area contributed by atoms with Crippen molar-refractivity contribution in [2.75, 3.05) is 13.7 Å². The molecule has 0 bridgehead atoms. The Hall–Kier alpha value is -0.280. The predicted octanol–water partition coefficient (Wildman–Crippen LogP) is -2.83. The second-order valence-corrected chi connectivity index (χ2v) is 3.04. The maximum atomic E-state index is 9.45. The van der Waals surface area contributed by atoms with Crippen molar-refractivity contribution in [1.29, 1.82) is 0 Å². The van der Waals surface area contributed by atoms with Gasteiger partial charge in [-0.2, -0.15) is 0 Å². The van der Waals surface area contributed by atoms with Crippen LogP contribution in [0.2, 0.25) is 0 Å². The van der Waals surface area contributed by atoms with E-state index in [-0.39, 0.29) is 6.15 Å². The third kappa shape index (κ3) is 2.39. The SMILES string of the molecule is CN[C@H]1C(O)O[C@H](CO)[C@@H](O)[C@@H]1O.N. The van der Waals surface area contributed by atoms with E-state index >= 15 is 0 Å². The van der Waals surface area contributed by atoms with Gasteiger partial charge in [-0.15, -0.1) is 0 Å². The molecule has 0 saturated carbocycles. The van der Waals surface area contributed by atoms with Crippen molar-refractivity contribution in [3.8, 4) is 0 Å². The highest BCUT2D eigenvalue weighted by Gasteiger charge is 2.42. The molecule has 14 heavy (non-hydrogen) atoms. The normalized spacial score (nSPS) is 43.1. The van der Waals surface area contributed by atoms with Crippen molar-refractivity contribution in [1.82, 2.24) is 11.5 Å². The van der Waals surface area contributed by atoms with Crippen LogP contribution >= 0.6 is 0 Å². The molecule has 7 nitrogen and oxygen atoms in total. The molecule has 1 saturated heterocycles. The van der Waals surface area contributed by atoms with Crippen LogP contribution < -0.4 is 11.5 Å². The van der Waals surface area contributed by atoms with E-state index in [1.165, 1.54) is 7.05 Å². The van der Waals surface area contributed by atoms with E-state index < -0.39 is 37.3 Å². The molecule has 86 valence electrons. The molecular weight excluding hydrogens is 192 g/mol. The minimum atomic E-state index is -1.22. The first-order valence-corrected chi connectivity index (χ1v) is 4.09. The Labute approximate surface area is 81.9 Å². The van der Waals surface area contributed by atoms with Gasteiger partial charge < -0.3 is 36.6 Å². The van der Waals surface area contributed by atoms with E-state index in [1.54, 1.807) is 0 Å². The van der Waals surface area contributed by atoms with E-state index in [2.05, 4.69) is 5.32 Å². The summed E-state index contributed by atoms with van der Waals surface area (Å²) in [5.41, 5.74) is 0. The van der Waals surface area contributed by atoms with Gasteiger partial charge in [-0.05, 0) is 7.05 Å². The molecule has 7 heteroatoms. The lowest BCUT2D eigenvalue weighted by molar-refractivity contribution is -0.253. The summed E-state index contributed by atoms with van der Waals surface area (Å²) in [7, 11) is 1.53. The summed E-state index contributed by atoms with van der Waals surface area (Å²) >= 11 is 0. The Kier molecular flexibility index (Phi) is 5.45. The molecule has 0 spiro atoms. The Balaban J connectivity index is 0.00000169. The third-order valence-corrected chi connectivity index (χ3v) is 2.23. The lowest BCUT2D eigenvalue weighted by Gasteiger charge is -2.39. The summed E-state index contributed by atoms with van der Waals surface area (Å²) in [4.78, 5) is 0. The molecule has 8 N–H and O–H groups in total. The van der Waals surface area contributed by atoms with Crippen molar-refractivity contribution < 1.29 is 25.2 Å². The fourth-order valence-corrected chi connectivity index (χ4v) is 1.41. The average molecular weight is 210 g/mol. The van der Waals surface area contributed by atoms with Crippen molar-refractivity contribution in [3.63, 3.8) is 0 Å². The van der Waals surface area contributed by atoms with Gasteiger partial charge in [0.1, 0.15) is 18.3 Å². The van der Waals surface area contributed by atoms with Gasteiger partial charge >= 0.3 is 0 Å². The average Bonchev–Trinajstić information content (AvgIpc) is 2.12. The Morgan fingerprint density at radius 1 is 1.21 bits per heavy atom. The van der Waals surface area contributed by atoms with Crippen molar-refractivity contribution >= 4 is 0 Å². The molecule has 1 unspecified atom stereocenters. The molecule has 1 fully saturated rings. The van der Waals surface area contributed by atoms with Crippen molar-refractivity contribution in [2.24, 2.45) is 0 Å². The molecule has 0 radical (unpaired) electrons. The Morgan fingerprint density at radius 3 is 2.21 bits per heavy atom. The monoisotopic (exact) mass is 210 g/mol. The van der Waals surface area contributed by atoms with Crippen LogP contribution in [-0.4, -0.2) is 64.7 Å². The van der Waals surface area contributed by atoms with E-state index in [9.17, 15) is 15.3 Å². The maximum Gasteiger partial charge on any atom is 0.173 e. The maximum absolute atomic E-state index is 9.45. The quantitative estimate of drug-likeness (QED) is 0.289. The van der Waals surface area contributed by atoms with Crippen LogP contribution in [0.25, 0.3) is 0 Å². The Bertz CT molecular complexity index is 170. The number of rotatable bonds is 2. The molecule has 0 aliphatic carbocycles. The zero-order valence-corrected chi connectivity index (χ0v) is 8.00. The number of nitrogens with one attached hydrogen (secondary N) is 1. The van der Waals surface area contributed by atoms with Crippen molar-refractivity contribution in [2.45, 2.75) is 30.6 Å². The molecule has 0 aromatic rings. The van der Waals surface area contributed by atoms with Crippen LogP contribution in [-0.2, 0) is 4.74 Å². The predicted molar refractivity (Wildman–Crippen MR) is 47.8 cm³/mol. The highest BCUT2D eigenvalue weighted by molar-refractivity contribution is 4.91. The van der Waals surface area contributed by atoms with Crippen LogP contribution in [0.3, 0.4) is 0 Å². The molecule has 0 amide bonds. The van der Waals surface area contributed by atoms with Gasteiger partial charge in [0.2, 0.25) is 0 Å². The third-order valence-electron chi connectivity index (χ3n) is 2.23. The number of hydrogen-bond donors (Lipinski definition) is 6. The van der Waals surface area contributed by atoms with Crippen LogP contribution in [0.4, 0.5) is 0 Å². The molecular formula is C7H18N2O5. The summed E-state index contributed by atoms with van der Waals surface area (Å²) in [5, 5.41) is 39.4. The summed E-state index contributed by atoms with van der Waals surface area (Å²) in [6, 6.07) is -0.738. The highest BCUT2D eigenvalue weighted by atomic mass is 16.6. The van der Waals surface area contributed by atoms with Crippen LogP contribution in [0.15, 0.2) is 0 Å². The molecule has 1 aliphatic rings. The van der Waals surface area contributed by atoms with Gasteiger partial charge in [-0.1, -0.05) is 0 Å². The summed E-state index contributed by atoms with van der Waals surface area (Å²) in [5.74, 6) is 0. The second kappa shape index (κ2) is 5.56. The minimum absolute atomic E-state index is 0. The van der Waals surface area contributed by atoms with Gasteiger partial charge in [-0.25, -0.2) is 0 Å². The largest absolute Gasteiger partial charge is 0.394 e. The molecule has 1 rings (SSSR count). The first kappa shape index (κ1) is 13.7. The van der Waals surface area contributed by atoms with Crippen LogP contribution in [0.5, 0.6) is 0 Å². The first-order chi connectivity index (χ1) is 6.11. The summed E-state index contributed by atoms with van der Waals surface area (Å²) in [6.07, 6.45) is -4.49. The molecule has 5 atom stereocenters. The van der Waals surface area contributed by atoms with Gasteiger partial charge in [0.05, 0.1) is 12.6 Å². The highest BCUT2D eigenvalue weighted by Crippen LogP contribution is 2.18. The van der Waals surface area contributed by atoms with E-state index in [1.807, 2.05) is 0 Å². The number of hydrogen-bond acceptors (Lipinski definition) is 7. The minimum Gasteiger partial charge on any atom is -0.394 e. The van der Waals surface area contributed by atoms with Gasteiger partial charge in [0.25, 0.3) is 0 Å². The zero-order chi connectivity index (χ0) is 10.0. The standard InChI is InChI=1S/C7H15NO5.H3N/c1-8-4-6(11)5(10)3(2-9)13-7(4)12;/h3-12H,2H2,1H3;1H3/t3-,4-,5-,6-,7?;/m1./s1. The second-order valence-electron chi connectivity index (χ2n) is 3.04. The van der Waals surface area contributed by atoms with Gasteiger partial charge in [0, 0.05) is 0 Å². The van der Waals surface area contributed by atoms with Crippen molar-refractivity contribution in [3.05, 3.63) is 0 Å². The number of aliphatic hydroxyl groups excluding tert-OH is 4. The first-order valence-electron chi connectivity index (χ1n) is 4.09. The molecule has 1 aliphatic heterocycles. The lowest BCUT2D eigenvalue weighted by atomic mass is 9.97. The Morgan fingerprint density at radius 2 is 1.79 bits per heavy atom. The number of ether oxygens (including phenoxy) is 1. The van der Waals surface area contributed by atoms with Gasteiger partial charge in [0.15, 0.2) is 6.29 Å². The zero-order valence-electron chi connectivity index (χ0n) is 8.00. The fourth-order valence-electron chi connectivity index (χ4n) is 1.41. The van der Waals surface area contributed by atoms with Crippen LogP contribution in [0.1, 0.15) is 0 Å². The van der Waals surface area contributed by atoms with Gasteiger partial charge in [-0.3, -0.25) is 0 Å². The summed E-state index contributed by atoms with van der Waals surface area (Å²) in [6.45, 7) is -0.439. The molecule has 0 aromatic heterocycles. The lowest BCUT2D eigenvalue weighted by Crippen LogP contribution is -2.62. The number of aliphatic hydroxyl groups is 4. The summed E-state index contributed by atoms with van der Waals surface area (Å²) < 4.78 is 4.85. The fraction of sp³-hybridized carbons (Fsp3) is 1.00. The van der Waals surface area contributed by atoms with E-state index in [4.69, 9.17) is 9.84 Å². The topological polar surface area (TPSA) is 137 Å². The molecule has 0 aromatic carbocycles. The number of likely N-dealkylation sites (N-methyl/N-ethyl adjacent to an activating group) is 1. The smallest absolute Gasteiger partial charge is 0.173 e. The van der Waals surface area contributed by atoms with E-state index in [0.29, 0.717) is 0 Å². The van der Waals surface area contributed by atoms with Crippen LogP contribution in [0, 0.1) is 0 Å². The van der Waals surface area contributed by atoms with E-state index in [0.717, 1.165) is 0 Å². The molecule has 1 heterocycles.